The number of hydrogen-bond acceptors (Lipinski definition) is 4. The lowest BCUT2D eigenvalue weighted by molar-refractivity contribution is -0.123. The molecule has 25 heavy (non-hydrogen) atoms. The lowest BCUT2D eigenvalue weighted by Crippen LogP contribution is -2.44. The van der Waals surface area contributed by atoms with Crippen LogP contribution in [-0.2, 0) is 22.6 Å². The number of nitrogens with one attached hydrogen (secondary N) is 1. The van der Waals surface area contributed by atoms with Crippen molar-refractivity contribution in [3.05, 3.63) is 65.7 Å². The maximum absolute atomic E-state index is 11.7. The Balaban J connectivity index is 0.00000312. The van der Waals surface area contributed by atoms with Crippen LogP contribution >= 0.6 is 12.4 Å². The molecule has 2 aromatic rings. The smallest absolute Gasteiger partial charge is 0.239 e. The van der Waals surface area contributed by atoms with E-state index < -0.39 is 6.04 Å². The van der Waals surface area contributed by atoms with E-state index >= 15 is 0 Å². The van der Waals surface area contributed by atoms with Gasteiger partial charge in [0, 0.05) is 13.7 Å². The van der Waals surface area contributed by atoms with Crippen LogP contribution in [0.1, 0.15) is 11.1 Å². The van der Waals surface area contributed by atoms with Crippen LogP contribution in [0.25, 0.3) is 0 Å². The van der Waals surface area contributed by atoms with E-state index in [-0.39, 0.29) is 24.9 Å². The molecular formula is C19H25ClN2O3. The third kappa shape index (κ3) is 7.56. The molecule has 0 bridgehead atoms. The van der Waals surface area contributed by atoms with Crippen molar-refractivity contribution in [2.75, 3.05) is 20.3 Å². The fourth-order valence-electron chi connectivity index (χ4n) is 2.21. The van der Waals surface area contributed by atoms with Gasteiger partial charge in [-0.25, -0.2) is 0 Å². The number of hydrogen-bond donors (Lipinski definition) is 2. The van der Waals surface area contributed by atoms with Crippen molar-refractivity contribution < 1.29 is 14.3 Å². The number of benzene rings is 2. The van der Waals surface area contributed by atoms with E-state index in [0.29, 0.717) is 13.2 Å². The third-order valence-corrected chi connectivity index (χ3v) is 3.57. The lowest BCUT2D eigenvalue weighted by Gasteiger charge is -2.11. The van der Waals surface area contributed by atoms with E-state index in [2.05, 4.69) is 5.32 Å². The summed E-state index contributed by atoms with van der Waals surface area (Å²) < 4.78 is 10.6. The van der Waals surface area contributed by atoms with Crippen molar-refractivity contribution in [2.24, 2.45) is 5.73 Å². The predicted octanol–water partition coefficient (Wildman–Crippen LogP) is 2.32. The first kappa shape index (κ1) is 21.0. The monoisotopic (exact) mass is 364 g/mol. The number of nitrogens with two attached hydrogens (primary N) is 1. The number of carbonyl (C=O) groups is 1. The highest BCUT2D eigenvalue weighted by Gasteiger charge is 2.11. The van der Waals surface area contributed by atoms with Crippen LogP contribution in [0.15, 0.2) is 54.6 Å². The average Bonchev–Trinajstić information content (AvgIpc) is 2.62. The van der Waals surface area contributed by atoms with Gasteiger partial charge < -0.3 is 20.5 Å². The third-order valence-electron chi connectivity index (χ3n) is 3.57. The Hall–Kier alpha value is -2.08. The molecule has 0 aliphatic rings. The Morgan fingerprint density at radius 3 is 2.40 bits per heavy atom. The van der Waals surface area contributed by atoms with Crippen molar-refractivity contribution in [3.8, 4) is 5.75 Å². The minimum Gasteiger partial charge on any atom is -0.489 e. The maximum atomic E-state index is 11.7. The highest BCUT2D eigenvalue weighted by atomic mass is 35.5. The first-order chi connectivity index (χ1) is 11.7. The summed E-state index contributed by atoms with van der Waals surface area (Å²) in [5.41, 5.74) is 7.92. The molecule has 2 rings (SSSR count). The topological polar surface area (TPSA) is 73.6 Å². The molecule has 3 N–H and O–H groups in total. The fourth-order valence-corrected chi connectivity index (χ4v) is 2.21. The highest BCUT2D eigenvalue weighted by molar-refractivity contribution is 5.85. The molecule has 0 aliphatic heterocycles. The van der Waals surface area contributed by atoms with Gasteiger partial charge in [-0.1, -0.05) is 42.5 Å². The Kier molecular flexibility index (Phi) is 9.62. The molecule has 0 heterocycles. The molecule has 0 saturated heterocycles. The van der Waals surface area contributed by atoms with Crippen molar-refractivity contribution in [3.63, 3.8) is 0 Å². The normalized spacial score (nSPS) is 11.3. The molecule has 6 heteroatoms. The van der Waals surface area contributed by atoms with Crippen molar-refractivity contribution in [1.29, 1.82) is 0 Å². The minimum absolute atomic E-state index is 0. The second-order valence-electron chi connectivity index (χ2n) is 5.52. The number of halogens is 1. The zero-order chi connectivity index (χ0) is 17.2. The summed E-state index contributed by atoms with van der Waals surface area (Å²) in [6, 6.07) is 17.3. The van der Waals surface area contributed by atoms with Gasteiger partial charge in [0.2, 0.25) is 5.91 Å². The molecule has 0 radical (unpaired) electrons. The molecule has 0 aliphatic carbocycles. The van der Waals surface area contributed by atoms with Crippen LogP contribution in [0.3, 0.4) is 0 Å². The summed E-state index contributed by atoms with van der Waals surface area (Å²) in [7, 11) is 1.52. The number of methoxy groups -OCH3 is 1. The van der Waals surface area contributed by atoms with Gasteiger partial charge in [-0.3, -0.25) is 4.79 Å². The highest BCUT2D eigenvalue weighted by Crippen LogP contribution is 2.14. The van der Waals surface area contributed by atoms with Crippen LogP contribution in [-0.4, -0.2) is 32.2 Å². The molecule has 2 aromatic carbocycles. The van der Waals surface area contributed by atoms with Gasteiger partial charge >= 0.3 is 0 Å². The van der Waals surface area contributed by atoms with Crippen LogP contribution < -0.4 is 15.8 Å². The number of amides is 1. The minimum atomic E-state index is -0.622. The zero-order valence-corrected chi connectivity index (χ0v) is 15.1. The quantitative estimate of drug-likeness (QED) is 0.716. The summed E-state index contributed by atoms with van der Waals surface area (Å²) in [4.78, 5) is 11.7. The Labute approximate surface area is 154 Å². The van der Waals surface area contributed by atoms with E-state index in [1.807, 2.05) is 54.6 Å². The van der Waals surface area contributed by atoms with Crippen molar-refractivity contribution in [1.82, 2.24) is 5.32 Å². The Morgan fingerprint density at radius 1 is 1.08 bits per heavy atom. The Bertz CT molecular complexity index is 620. The van der Waals surface area contributed by atoms with Crippen LogP contribution in [0, 0.1) is 0 Å². The van der Waals surface area contributed by atoms with Gasteiger partial charge in [-0.2, -0.15) is 0 Å². The summed E-state index contributed by atoms with van der Waals surface area (Å²) in [6.07, 6.45) is 0.740. The van der Waals surface area contributed by atoms with Gasteiger partial charge in [-0.05, 0) is 29.7 Å². The van der Waals surface area contributed by atoms with E-state index in [1.165, 1.54) is 7.11 Å². The fraction of sp³-hybridized carbons (Fsp3) is 0.316. The van der Waals surface area contributed by atoms with Crippen LogP contribution in [0.4, 0.5) is 0 Å². The van der Waals surface area contributed by atoms with Gasteiger partial charge in [0.1, 0.15) is 18.4 Å². The molecule has 0 saturated carbocycles. The van der Waals surface area contributed by atoms with Gasteiger partial charge in [0.15, 0.2) is 0 Å². The second-order valence-corrected chi connectivity index (χ2v) is 5.52. The lowest BCUT2D eigenvalue weighted by atomic mass is 10.1. The molecule has 1 atom stereocenters. The van der Waals surface area contributed by atoms with E-state index in [4.69, 9.17) is 15.2 Å². The van der Waals surface area contributed by atoms with Crippen molar-refractivity contribution >= 4 is 18.3 Å². The molecule has 0 aromatic heterocycles. The van der Waals surface area contributed by atoms with E-state index in [1.54, 1.807) is 0 Å². The van der Waals surface area contributed by atoms with Gasteiger partial charge in [0.05, 0.1) is 6.61 Å². The van der Waals surface area contributed by atoms with Gasteiger partial charge in [0.25, 0.3) is 0 Å². The maximum Gasteiger partial charge on any atom is 0.239 e. The zero-order valence-electron chi connectivity index (χ0n) is 14.3. The molecular weight excluding hydrogens is 340 g/mol. The largest absolute Gasteiger partial charge is 0.489 e. The molecule has 5 nitrogen and oxygen atoms in total. The first-order valence-corrected chi connectivity index (χ1v) is 7.97. The van der Waals surface area contributed by atoms with Gasteiger partial charge in [-0.15, -0.1) is 12.4 Å². The van der Waals surface area contributed by atoms with Crippen LogP contribution in [0.5, 0.6) is 5.75 Å². The summed E-state index contributed by atoms with van der Waals surface area (Å²) in [5.74, 6) is 0.633. The molecule has 1 unspecified atom stereocenters. The predicted molar refractivity (Wildman–Crippen MR) is 101 cm³/mol. The van der Waals surface area contributed by atoms with E-state index in [0.717, 1.165) is 23.3 Å². The molecule has 0 fully saturated rings. The molecule has 1 amide bonds. The standard InChI is InChI=1S/C19H24N2O3.ClH/c1-23-14-18(20)19(22)21-12-11-15-7-9-17(10-8-15)24-13-16-5-3-2-4-6-16;/h2-10,18H,11-14,20H2,1H3,(H,21,22);1H. The van der Waals surface area contributed by atoms with Crippen LogP contribution in [0.2, 0.25) is 0 Å². The molecule has 136 valence electrons. The number of ether oxygens (including phenoxy) is 2. The summed E-state index contributed by atoms with van der Waals surface area (Å²) >= 11 is 0. The van der Waals surface area contributed by atoms with E-state index in [9.17, 15) is 4.79 Å². The number of rotatable bonds is 9. The summed E-state index contributed by atoms with van der Waals surface area (Å²) in [6.45, 7) is 1.31. The summed E-state index contributed by atoms with van der Waals surface area (Å²) in [5, 5.41) is 2.80. The Morgan fingerprint density at radius 2 is 1.76 bits per heavy atom. The number of carbonyl (C=O) groups excluding carboxylic acids is 1. The second kappa shape index (κ2) is 11.5. The average molecular weight is 365 g/mol. The molecule has 0 spiro atoms. The first-order valence-electron chi connectivity index (χ1n) is 7.97. The van der Waals surface area contributed by atoms with Crippen molar-refractivity contribution in [2.45, 2.75) is 19.1 Å². The SMILES string of the molecule is COCC(N)C(=O)NCCc1ccc(OCc2ccccc2)cc1.Cl.